The molecular weight excluding hydrogens is 304 g/mol. The maximum absolute atomic E-state index is 12.4. The Bertz CT molecular complexity index is 671. The van der Waals surface area contributed by atoms with Crippen LogP contribution in [-0.2, 0) is 10.0 Å². The summed E-state index contributed by atoms with van der Waals surface area (Å²) in [5, 5.41) is 27.7. The first-order chi connectivity index (χ1) is 9.32. The number of aliphatic hydroxyl groups excluding tert-OH is 1. The summed E-state index contributed by atoms with van der Waals surface area (Å²) in [6.45, 7) is -0.571. The largest absolute Gasteiger partial charge is 0.393 e. The topological polar surface area (TPSA) is 102 Å². The maximum atomic E-state index is 12.4. The normalized spacial score (nSPS) is 23.7. The molecule has 0 bridgehead atoms. The van der Waals surface area contributed by atoms with Gasteiger partial charge < -0.3 is 10.2 Å². The van der Waals surface area contributed by atoms with Crippen molar-refractivity contribution in [1.82, 2.24) is 4.31 Å². The van der Waals surface area contributed by atoms with Gasteiger partial charge in [-0.1, -0.05) is 11.6 Å². The highest BCUT2D eigenvalue weighted by Crippen LogP contribution is 2.30. The van der Waals surface area contributed by atoms with Gasteiger partial charge in [-0.05, 0) is 24.6 Å². The second kappa shape index (κ2) is 5.31. The van der Waals surface area contributed by atoms with E-state index < -0.39 is 22.2 Å². The van der Waals surface area contributed by atoms with Gasteiger partial charge in [0, 0.05) is 13.1 Å². The first kappa shape index (κ1) is 15.2. The zero-order chi connectivity index (χ0) is 15.0. The van der Waals surface area contributed by atoms with Gasteiger partial charge in [0.05, 0.1) is 23.3 Å². The molecule has 0 amide bonds. The van der Waals surface area contributed by atoms with E-state index in [4.69, 9.17) is 22.0 Å². The van der Waals surface area contributed by atoms with Gasteiger partial charge in [-0.3, -0.25) is 0 Å². The monoisotopic (exact) mass is 316 g/mol. The van der Waals surface area contributed by atoms with Crippen LogP contribution in [0.1, 0.15) is 12.0 Å². The van der Waals surface area contributed by atoms with E-state index in [1.165, 1.54) is 18.2 Å². The van der Waals surface area contributed by atoms with Crippen molar-refractivity contribution in [2.45, 2.75) is 16.9 Å². The number of benzene rings is 1. The molecule has 1 saturated heterocycles. The molecule has 2 rings (SSSR count). The Balaban J connectivity index is 2.35. The summed E-state index contributed by atoms with van der Waals surface area (Å²) in [6, 6.07) is 5.79. The van der Waals surface area contributed by atoms with E-state index in [0.717, 1.165) is 4.31 Å². The molecule has 6 nitrogen and oxygen atoms in total. The van der Waals surface area contributed by atoms with Gasteiger partial charge in [0.25, 0.3) is 0 Å². The number of hydrogen-bond acceptors (Lipinski definition) is 5. The minimum atomic E-state index is -3.85. The van der Waals surface area contributed by atoms with E-state index in [-0.39, 0.29) is 35.0 Å². The van der Waals surface area contributed by atoms with E-state index in [0.29, 0.717) is 0 Å². The average Bonchev–Trinajstić information content (AvgIpc) is 2.82. The number of nitrogens with zero attached hydrogens (tertiary/aromatic N) is 2. The Labute approximate surface area is 121 Å². The van der Waals surface area contributed by atoms with Gasteiger partial charge in [0.15, 0.2) is 0 Å². The molecule has 0 aliphatic carbocycles. The summed E-state index contributed by atoms with van der Waals surface area (Å²) < 4.78 is 25.9. The van der Waals surface area contributed by atoms with Gasteiger partial charge in [0.2, 0.25) is 10.0 Å². The van der Waals surface area contributed by atoms with Crippen LogP contribution in [0.5, 0.6) is 0 Å². The summed E-state index contributed by atoms with van der Waals surface area (Å²) in [7, 11) is -3.85. The molecule has 108 valence electrons. The highest BCUT2D eigenvalue weighted by molar-refractivity contribution is 7.89. The molecule has 0 radical (unpaired) electrons. The van der Waals surface area contributed by atoms with Crippen molar-refractivity contribution in [3.05, 3.63) is 28.8 Å². The molecule has 1 aliphatic rings. The number of halogens is 1. The summed E-state index contributed by atoms with van der Waals surface area (Å²) in [5.41, 5.74) is -1.14. The quantitative estimate of drug-likeness (QED) is 0.836. The fourth-order valence-corrected chi connectivity index (χ4v) is 4.11. The number of hydrogen-bond donors (Lipinski definition) is 2. The van der Waals surface area contributed by atoms with Crippen molar-refractivity contribution in [1.29, 1.82) is 5.26 Å². The lowest BCUT2D eigenvalue weighted by Crippen LogP contribution is -2.38. The van der Waals surface area contributed by atoms with Crippen molar-refractivity contribution in [2.24, 2.45) is 0 Å². The standard InChI is InChI=1S/C12H13ClN2O4S/c13-10-5-9(6-14)1-2-11(10)20(18,19)15-4-3-12(17,7-15)8-16/h1-2,5,16-17H,3-4,7-8H2/t12-/m0/s1. The molecular formula is C12H13ClN2O4S. The first-order valence-electron chi connectivity index (χ1n) is 5.85. The van der Waals surface area contributed by atoms with Gasteiger partial charge in [-0.25, -0.2) is 8.42 Å². The highest BCUT2D eigenvalue weighted by atomic mass is 35.5. The van der Waals surface area contributed by atoms with E-state index in [2.05, 4.69) is 0 Å². The van der Waals surface area contributed by atoms with Crippen LogP contribution in [0.3, 0.4) is 0 Å². The van der Waals surface area contributed by atoms with Crippen molar-refractivity contribution < 1.29 is 18.6 Å². The summed E-state index contributed by atoms with van der Waals surface area (Å²) in [6.07, 6.45) is 0.163. The number of aliphatic hydroxyl groups is 2. The summed E-state index contributed by atoms with van der Waals surface area (Å²) in [5.74, 6) is 0. The van der Waals surface area contributed by atoms with Crippen molar-refractivity contribution in [3.63, 3.8) is 0 Å². The van der Waals surface area contributed by atoms with Gasteiger partial charge >= 0.3 is 0 Å². The lowest BCUT2D eigenvalue weighted by atomic mass is 10.1. The van der Waals surface area contributed by atoms with Gasteiger partial charge in [-0.15, -0.1) is 0 Å². The molecule has 1 fully saturated rings. The van der Waals surface area contributed by atoms with Crippen LogP contribution in [0, 0.1) is 11.3 Å². The predicted octanol–water partition coefficient (Wildman–Crippen LogP) is 0.329. The molecule has 1 aromatic rings. The fourth-order valence-electron chi connectivity index (χ4n) is 2.07. The third-order valence-corrected chi connectivity index (χ3v) is 5.60. The lowest BCUT2D eigenvalue weighted by molar-refractivity contribution is -0.000733. The molecule has 1 heterocycles. The Morgan fingerprint density at radius 1 is 1.50 bits per heavy atom. The molecule has 1 aromatic carbocycles. The average molecular weight is 317 g/mol. The SMILES string of the molecule is N#Cc1ccc(S(=O)(=O)N2CC[C@@](O)(CO)C2)c(Cl)c1. The smallest absolute Gasteiger partial charge is 0.244 e. The van der Waals surface area contributed by atoms with Crippen molar-refractivity contribution in [3.8, 4) is 6.07 Å². The molecule has 1 atom stereocenters. The zero-order valence-corrected chi connectivity index (χ0v) is 12.0. The molecule has 0 saturated carbocycles. The molecule has 20 heavy (non-hydrogen) atoms. The minimum absolute atomic E-state index is 0.0384. The summed E-state index contributed by atoms with van der Waals surface area (Å²) in [4.78, 5) is -0.111. The van der Waals surface area contributed by atoms with E-state index in [1.807, 2.05) is 6.07 Å². The molecule has 1 aliphatic heterocycles. The van der Waals surface area contributed by atoms with Crippen molar-refractivity contribution >= 4 is 21.6 Å². The van der Waals surface area contributed by atoms with Crippen LogP contribution in [0.25, 0.3) is 0 Å². The van der Waals surface area contributed by atoms with Crippen LogP contribution in [0.2, 0.25) is 5.02 Å². The number of β-amino-alcohol motifs (C(OH)–C–C–N with tert-alkyl or cyclic N) is 1. The summed E-state index contributed by atoms with van der Waals surface area (Å²) >= 11 is 5.91. The first-order valence-corrected chi connectivity index (χ1v) is 7.67. The maximum Gasteiger partial charge on any atom is 0.244 e. The molecule has 0 unspecified atom stereocenters. The Morgan fingerprint density at radius 3 is 2.70 bits per heavy atom. The third kappa shape index (κ3) is 2.66. The Hall–Kier alpha value is -1.17. The predicted molar refractivity (Wildman–Crippen MR) is 71.6 cm³/mol. The third-order valence-electron chi connectivity index (χ3n) is 3.27. The van der Waals surface area contributed by atoms with E-state index in [9.17, 15) is 13.5 Å². The van der Waals surface area contributed by atoms with Crippen LogP contribution >= 0.6 is 11.6 Å². The number of rotatable bonds is 3. The van der Waals surface area contributed by atoms with E-state index in [1.54, 1.807) is 0 Å². The second-order valence-electron chi connectivity index (χ2n) is 4.73. The number of sulfonamides is 1. The Morgan fingerprint density at radius 2 is 2.20 bits per heavy atom. The second-order valence-corrected chi connectivity index (χ2v) is 7.04. The van der Waals surface area contributed by atoms with Crippen molar-refractivity contribution in [2.75, 3.05) is 19.7 Å². The van der Waals surface area contributed by atoms with Crippen LogP contribution < -0.4 is 0 Å². The minimum Gasteiger partial charge on any atom is -0.393 e. The van der Waals surface area contributed by atoms with Gasteiger partial charge in [0.1, 0.15) is 10.5 Å². The molecule has 8 heteroatoms. The Kier molecular flexibility index (Phi) is 4.04. The van der Waals surface area contributed by atoms with Crippen LogP contribution in [0.4, 0.5) is 0 Å². The highest BCUT2D eigenvalue weighted by Gasteiger charge is 2.41. The van der Waals surface area contributed by atoms with Crippen LogP contribution in [-0.4, -0.2) is 48.2 Å². The lowest BCUT2D eigenvalue weighted by Gasteiger charge is -2.21. The molecule has 0 spiro atoms. The molecule has 0 aromatic heterocycles. The molecule has 2 N–H and O–H groups in total. The fraction of sp³-hybridized carbons (Fsp3) is 0.417. The zero-order valence-electron chi connectivity index (χ0n) is 10.5. The number of nitriles is 1. The van der Waals surface area contributed by atoms with Gasteiger partial charge in [-0.2, -0.15) is 9.57 Å². The van der Waals surface area contributed by atoms with E-state index >= 15 is 0 Å². The van der Waals surface area contributed by atoms with Crippen LogP contribution in [0.15, 0.2) is 23.1 Å².